The summed E-state index contributed by atoms with van der Waals surface area (Å²) in [6.07, 6.45) is 1.66. The zero-order chi connectivity index (χ0) is 26.4. The van der Waals surface area contributed by atoms with Crippen molar-refractivity contribution < 1.29 is 38.0 Å². The van der Waals surface area contributed by atoms with Gasteiger partial charge >= 0.3 is 0 Å². The van der Waals surface area contributed by atoms with E-state index in [0.717, 1.165) is 33.9 Å². The molecule has 38 heavy (non-hydrogen) atoms. The Balaban J connectivity index is 1.27. The number of nitrogens with zero attached hydrogens (tertiary/aromatic N) is 1. The molecule has 0 aliphatic carbocycles. The van der Waals surface area contributed by atoms with Gasteiger partial charge in [0, 0.05) is 35.8 Å². The molecule has 3 aromatic carbocycles. The minimum atomic E-state index is -0.198. The van der Waals surface area contributed by atoms with Crippen LogP contribution < -0.4 is 33.2 Å². The van der Waals surface area contributed by atoms with Gasteiger partial charge in [0.1, 0.15) is 24.0 Å². The Bertz CT molecular complexity index is 1480. The molecule has 3 aromatic rings. The number of methoxy groups -OCH3 is 3. The quantitative estimate of drug-likeness (QED) is 0.431. The Morgan fingerprint density at radius 3 is 2.45 bits per heavy atom. The van der Waals surface area contributed by atoms with Crippen molar-refractivity contribution in [3.63, 3.8) is 0 Å². The standard InChI is InChI=1S/C29H27NO8/c1-16-28-19(13-30(14-35-28)12-17-5-6-21-25(7-17)37-15-36-21)8-20-27(31)26(38-29(16)20)10-18-9-23(33-3)24(34-4)11-22(18)32-2/h5-11H,12-15H2,1-4H3/b26-10-. The molecule has 0 bridgehead atoms. The fourth-order valence-electron chi connectivity index (χ4n) is 5.00. The van der Waals surface area contributed by atoms with Crippen molar-refractivity contribution in [2.75, 3.05) is 34.9 Å². The molecule has 0 amide bonds. The first-order valence-electron chi connectivity index (χ1n) is 12.1. The molecule has 0 unspecified atom stereocenters. The Labute approximate surface area is 220 Å². The number of carbonyl (C=O) groups is 1. The zero-order valence-corrected chi connectivity index (χ0v) is 21.6. The van der Waals surface area contributed by atoms with E-state index < -0.39 is 0 Å². The monoisotopic (exact) mass is 517 g/mol. The number of benzene rings is 3. The van der Waals surface area contributed by atoms with Crippen molar-refractivity contribution in [3.05, 3.63) is 70.0 Å². The normalized spacial score (nSPS) is 16.5. The van der Waals surface area contributed by atoms with Crippen LogP contribution in [0.2, 0.25) is 0 Å². The van der Waals surface area contributed by atoms with Gasteiger partial charge < -0.3 is 33.2 Å². The average Bonchev–Trinajstić information content (AvgIpc) is 3.52. The molecule has 9 nitrogen and oxygen atoms in total. The summed E-state index contributed by atoms with van der Waals surface area (Å²) >= 11 is 0. The Morgan fingerprint density at radius 1 is 0.895 bits per heavy atom. The zero-order valence-electron chi connectivity index (χ0n) is 21.6. The molecule has 0 N–H and O–H groups in total. The highest BCUT2D eigenvalue weighted by Crippen LogP contribution is 2.44. The maximum atomic E-state index is 13.4. The van der Waals surface area contributed by atoms with Gasteiger partial charge in [-0.15, -0.1) is 0 Å². The minimum absolute atomic E-state index is 0.198. The second-order valence-electron chi connectivity index (χ2n) is 9.20. The summed E-state index contributed by atoms with van der Waals surface area (Å²) in [5, 5.41) is 0. The lowest BCUT2D eigenvalue weighted by molar-refractivity contribution is 0.0876. The highest BCUT2D eigenvalue weighted by Gasteiger charge is 2.34. The van der Waals surface area contributed by atoms with Crippen LogP contribution in [-0.4, -0.2) is 45.5 Å². The average molecular weight is 518 g/mol. The molecule has 6 rings (SSSR count). The highest BCUT2D eigenvalue weighted by molar-refractivity contribution is 6.15. The smallest absolute Gasteiger partial charge is 0.231 e. The first-order valence-corrected chi connectivity index (χ1v) is 12.1. The summed E-state index contributed by atoms with van der Waals surface area (Å²) in [5.74, 6) is 4.36. The predicted molar refractivity (Wildman–Crippen MR) is 138 cm³/mol. The van der Waals surface area contributed by atoms with Crippen molar-refractivity contribution >= 4 is 11.9 Å². The number of ether oxygens (including phenoxy) is 7. The number of Topliss-reactive ketones (excluding diaryl/α,β-unsaturated/α-hetero) is 1. The van der Waals surface area contributed by atoms with Crippen LogP contribution in [0, 0.1) is 6.92 Å². The molecule has 0 aromatic heterocycles. The first-order chi connectivity index (χ1) is 18.5. The number of allylic oxidation sites excluding steroid dienone is 1. The van der Waals surface area contributed by atoms with Crippen LogP contribution in [-0.2, 0) is 13.1 Å². The summed E-state index contributed by atoms with van der Waals surface area (Å²) in [7, 11) is 4.66. The van der Waals surface area contributed by atoms with Gasteiger partial charge in [-0.2, -0.15) is 0 Å². The highest BCUT2D eigenvalue weighted by atomic mass is 16.7. The molecule has 3 aliphatic rings. The van der Waals surface area contributed by atoms with Gasteiger partial charge in [0.05, 0.1) is 26.9 Å². The lowest BCUT2D eigenvalue weighted by Gasteiger charge is -2.30. The van der Waals surface area contributed by atoms with Crippen LogP contribution in [0.4, 0.5) is 0 Å². The van der Waals surface area contributed by atoms with E-state index in [9.17, 15) is 4.79 Å². The third kappa shape index (κ3) is 4.05. The van der Waals surface area contributed by atoms with Gasteiger partial charge in [-0.25, -0.2) is 0 Å². The molecule has 0 saturated heterocycles. The third-order valence-electron chi connectivity index (χ3n) is 6.87. The second-order valence-corrected chi connectivity index (χ2v) is 9.20. The molecule has 3 heterocycles. The SMILES string of the molecule is COc1cc(OC)c(OC)cc1/C=C1\Oc2c(cc3c(c2C)OCN(Cc2ccc4c(c2)OCO4)C3)C1=O. The largest absolute Gasteiger partial charge is 0.496 e. The fraction of sp³-hybridized carbons (Fsp3) is 0.276. The first kappa shape index (κ1) is 24.0. The molecule has 9 heteroatoms. The molecule has 0 spiro atoms. The molecule has 0 fully saturated rings. The van der Waals surface area contributed by atoms with Crippen molar-refractivity contribution in [2.24, 2.45) is 0 Å². The van der Waals surface area contributed by atoms with Crippen LogP contribution in [0.3, 0.4) is 0 Å². The summed E-state index contributed by atoms with van der Waals surface area (Å²) in [6, 6.07) is 11.3. The van der Waals surface area contributed by atoms with Crippen molar-refractivity contribution in [3.8, 4) is 40.2 Å². The van der Waals surface area contributed by atoms with E-state index >= 15 is 0 Å². The Kier molecular flexibility index (Phi) is 6.00. The minimum Gasteiger partial charge on any atom is -0.496 e. The van der Waals surface area contributed by atoms with Gasteiger partial charge in [-0.1, -0.05) is 6.07 Å². The summed E-state index contributed by atoms with van der Waals surface area (Å²) in [4.78, 5) is 15.6. The van der Waals surface area contributed by atoms with Gasteiger partial charge in [-0.05, 0) is 42.8 Å². The number of ketones is 1. The van der Waals surface area contributed by atoms with Crippen molar-refractivity contribution in [2.45, 2.75) is 20.0 Å². The topological polar surface area (TPSA) is 84.9 Å². The number of carbonyl (C=O) groups excluding carboxylic acids is 1. The Hall–Kier alpha value is -4.37. The van der Waals surface area contributed by atoms with Crippen LogP contribution in [0.25, 0.3) is 6.08 Å². The van der Waals surface area contributed by atoms with Crippen LogP contribution in [0.15, 0.2) is 42.2 Å². The van der Waals surface area contributed by atoms with E-state index in [-0.39, 0.29) is 18.3 Å². The van der Waals surface area contributed by atoms with E-state index in [1.165, 1.54) is 0 Å². The maximum absolute atomic E-state index is 13.4. The van der Waals surface area contributed by atoms with Crippen LogP contribution >= 0.6 is 0 Å². The molecule has 0 radical (unpaired) electrons. The van der Waals surface area contributed by atoms with E-state index in [0.29, 0.717) is 53.9 Å². The van der Waals surface area contributed by atoms with Gasteiger partial charge in [0.2, 0.25) is 12.6 Å². The fourth-order valence-corrected chi connectivity index (χ4v) is 5.00. The number of rotatable bonds is 6. The molecular weight excluding hydrogens is 490 g/mol. The van der Waals surface area contributed by atoms with E-state index in [4.69, 9.17) is 33.2 Å². The molecule has 0 atom stereocenters. The second kappa shape index (κ2) is 9.50. The number of hydrogen-bond donors (Lipinski definition) is 0. The third-order valence-corrected chi connectivity index (χ3v) is 6.87. The molecule has 0 saturated carbocycles. The predicted octanol–water partition coefficient (Wildman–Crippen LogP) is 4.72. The van der Waals surface area contributed by atoms with Crippen molar-refractivity contribution in [1.82, 2.24) is 4.90 Å². The van der Waals surface area contributed by atoms with E-state index in [1.54, 1.807) is 39.5 Å². The summed E-state index contributed by atoms with van der Waals surface area (Å²) in [5.41, 5.74) is 3.98. The van der Waals surface area contributed by atoms with Crippen LogP contribution in [0.1, 0.15) is 32.6 Å². The summed E-state index contributed by atoms with van der Waals surface area (Å²) < 4.78 is 39.4. The number of hydrogen-bond acceptors (Lipinski definition) is 9. The maximum Gasteiger partial charge on any atom is 0.231 e. The molecule has 196 valence electrons. The Morgan fingerprint density at radius 2 is 1.66 bits per heavy atom. The number of fused-ring (bicyclic) bond motifs is 3. The molecular formula is C29H27NO8. The van der Waals surface area contributed by atoms with E-state index in [2.05, 4.69) is 4.90 Å². The van der Waals surface area contributed by atoms with Gasteiger partial charge in [0.25, 0.3) is 0 Å². The van der Waals surface area contributed by atoms with Crippen LogP contribution in [0.5, 0.6) is 40.2 Å². The lowest BCUT2D eigenvalue weighted by Crippen LogP contribution is -2.32. The van der Waals surface area contributed by atoms with Crippen molar-refractivity contribution in [1.29, 1.82) is 0 Å². The summed E-state index contributed by atoms with van der Waals surface area (Å²) in [6.45, 7) is 3.88. The van der Waals surface area contributed by atoms with Gasteiger partial charge in [0.15, 0.2) is 28.8 Å². The van der Waals surface area contributed by atoms with E-state index in [1.807, 2.05) is 31.2 Å². The lowest BCUT2D eigenvalue weighted by atomic mass is 9.99. The molecule has 3 aliphatic heterocycles. The van der Waals surface area contributed by atoms with Gasteiger partial charge in [-0.3, -0.25) is 9.69 Å².